The van der Waals surface area contributed by atoms with Crippen LogP contribution in [-0.2, 0) is 9.59 Å². The van der Waals surface area contributed by atoms with Gasteiger partial charge in [0.05, 0.1) is 0 Å². The molecule has 0 saturated carbocycles. The van der Waals surface area contributed by atoms with Crippen molar-refractivity contribution in [2.75, 3.05) is 18.8 Å². The van der Waals surface area contributed by atoms with Crippen LogP contribution in [0, 0.1) is 0 Å². The first-order valence-electron chi connectivity index (χ1n) is 6.20. The number of nitrogens with zero attached hydrogens (tertiary/aromatic N) is 1. The number of carbonyl (C=O) groups is 2. The van der Waals surface area contributed by atoms with Gasteiger partial charge in [-0.25, -0.2) is 0 Å². The molecule has 0 aromatic heterocycles. The minimum absolute atomic E-state index is 0.114. The van der Waals surface area contributed by atoms with Crippen LogP contribution in [0.3, 0.4) is 0 Å². The van der Waals surface area contributed by atoms with Gasteiger partial charge in [0.25, 0.3) is 0 Å². The van der Waals surface area contributed by atoms with Crippen LogP contribution in [0.15, 0.2) is 30.3 Å². The molecule has 0 spiro atoms. The van der Waals surface area contributed by atoms with Crippen LogP contribution in [0.25, 0.3) is 6.08 Å². The average molecular weight is 259 g/mol. The van der Waals surface area contributed by atoms with Gasteiger partial charge in [0.2, 0.25) is 11.8 Å². The highest BCUT2D eigenvalue weighted by molar-refractivity contribution is 5.96. The van der Waals surface area contributed by atoms with E-state index < -0.39 is 6.04 Å². The predicted octanol–water partition coefficient (Wildman–Crippen LogP) is 0.629. The summed E-state index contributed by atoms with van der Waals surface area (Å²) < 4.78 is 0. The molecule has 1 aliphatic rings. The van der Waals surface area contributed by atoms with E-state index in [1.165, 1.54) is 6.08 Å². The highest BCUT2D eigenvalue weighted by Crippen LogP contribution is 2.10. The number of hydrogen-bond acceptors (Lipinski definition) is 3. The van der Waals surface area contributed by atoms with E-state index in [0.29, 0.717) is 18.8 Å². The molecule has 3 N–H and O–H groups in total. The Morgan fingerprint density at radius 2 is 2.32 bits per heavy atom. The fourth-order valence-electron chi connectivity index (χ4n) is 2.01. The van der Waals surface area contributed by atoms with Gasteiger partial charge in [-0.1, -0.05) is 12.1 Å². The fraction of sp³-hybridized carbons (Fsp3) is 0.286. The van der Waals surface area contributed by atoms with Gasteiger partial charge in [-0.3, -0.25) is 9.59 Å². The topological polar surface area (TPSA) is 75.4 Å². The quantitative estimate of drug-likeness (QED) is 0.604. The van der Waals surface area contributed by atoms with Crippen molar-refractivity contribution in [3.05, 3.63) is 35.9 Å². The van der Waals surface area contributed by atoms with Gasteiger partial charge in [-0.15, -0.1) is 0 Å². The number of piperazine rings is 1. The van der Waals surface area contributed by atoms with Crippen LogP contribution < -0.4 is 11.1 Å². The lowest BCUT2D eigenvalue weighted by atomic mass is 10.1. The van der Waals surface area contributed by atoms with Gasteiger partial charge >= 0.3 is 0 Å². The second kappa shape index (κ2) is 5.56. The zero-order valence-electron chi connectivity index (χ0n) is 10.8. The lowest BCUT2D eigenvalue weighted by Gasteiger charge is -2.31. The minimum Gasteiger partial charge on any atom is -0.399 e. The van der Waals surface area contributed by atoms with Crippen molar-refractivity contribution in [2.45, 2.75) is 13.0 Å². The zero-order chi connectivity index (χ0) is 13.8. The number of rotatable bonds is 2. The van der Waals surface area contributed by atoms with Crippen LogP contribution in [0.4, 0.5) is 5.69 Å². The molecule has 1 aromatic rings. The van der Waals surface area contributed by atoms with E-state index in [1.54, 1.807) is 30.0 Å². The van der Waals surface area contributed by atoms with Crippen LogP contribution >= 0.6 is 0 Å². The Labute approximate surface area is 112 Å². The number of benzene rings is 1. The van der Waals surface area contributed by atoms with Gasteiger partial charge in [0.1, 0.15) is 6.04 Å². The van der Waals surface area contributed by atoms with Crippen molar-refractivity contribution < 1.29 is 9.59 Å². The molecule has 2 rings (SSSR count). The fourth-order valence-corrected chi connectivity index (χ4v) is 2.01. The molecule has 1 heterocycles. The number of nitrogens with two attached hydrogens (primary N) is 1. The first kappa shape index (κ1) is 13.1. The Morgan fingerprint density at radius 1 is 1.53 bits per heavy atom. The Balaban J connectivity index is 2.06. The summed E-state index contributed by atoms with van der Waals surface area (Å²) >= 11 is 0. The second-order valence-electron chi connectivity index (χ2n) is 4.50. The summed E-state index contributed by atoms with van der Waals surface area (Å²) in [5.74, 6) is -0.276. The Bertz CT molecular complexity index is 525. The molecule has 1 unspecified atom stereocenters. The maximum atomic E-state index is 12.0. The number of nitrogen functional groups attached to an aromatic ring is 1. The van der Waals surface area contributed by atoms with Crippen molar-refractivity contribution in [1.82, 2.24) is 10.2 Å². The normalized spacial score (nSPS) is 19.5. The van der Waals surface area contributed by atoms with Crippen molar-refractivity contribution >= 4 is 23.6 Å². The Hall–Kier alpha value is -2.30. The molecule has 1 saturated heterocycles. The van der Waals surface area contributed by atoms with E-state index in [1.807, 2.05) is 12.1 Å². The molecule has 5 nitrogen and oxygen atoms in total. The lowest BCUT2D eigenvalue weighted by molar-refractivity contribution is -0.139. The predicted molar refractivity (Wildman–Crippen MR) is 74.1 cm³/mol. The molecular weight excluding hydrogens is 242 g/mol. The molecule has 0 aliphatic carbocycles. The van der Waals surface area contributed by atoms with Gasteiger partial charge < -0.3 is 16.0 Å². The van der Waals surface area contributed by atoms with E-state index in [2.05, 4.69) is 5.32 Å². The van der Waals surface area contributed by atoms with Crippen molar-refractivity contribution in [3.63, 3.8) is 0 Å². The standard InChI is InChI=1S/C14H17N3O2/c1-10-14(19)16-7-8-17(10)13(18)6-5-11-3-2-4-12(15)9-11/h2-6,9-10H,7-8,15H2,1H3,(H,16,19)/b6-5+. The summed E-state index contributed by atoms with van der Waals surface area (Å²) in [4.78, 5) is 25.1. The Morgan fingerprint density at radius 3 is 3.05 bits per heavy atom. The molecule has 5 heteroatoms. The third-order valence-corrected chi connectivity index (χ3v) is 3.11. The second-order valence-corrected chi connectivity index (χ2v) is 4.50. The average Bonchev–Trinajstić information content (AvgIpc) is 2.39. The van der Waals surface area contributed by atoms with Crippen LogP contribution in [0.2, 0.25) is 0 Å². The first-order chi connectivity index (χ1) is 9.08. The first-order valence-corrected chi connectivity index (χ1v) is 6.20. The van der Waals surface area contributed by atoms with Gasteiger partial charge in [0.15, 0.2) is 0 Å². The SMILES string of the molecule is CC1C(=O)NCCN1C(=O)/C=C/c1cccc(N)c1. The van der Waals surface area contributed by atoms with E-state index in [0.717, 1.165) is 5.56 Å². The summed E-state index contributed by atoms with van der Waals surface area (Å²) in [6.45, 7) is 2.76. The van der Waals surface area contributed by atoms with Gasteiger partial charge in [-0.05, 0) is 30.7 Å². The zero-order valence-corrected chi connectivity index (χ0v) is 10.8. The van der Waals surface area contributed by atoms with Crippen molar-refractivity contribution in [3.8, 4) is 0 Å². The maximum Gasteiger partial charge on any atom is 0.247 e. The monoisotopic (exact) mass is 259 g/mol. The molecule has 100 valence electrons. The highest BCUT2D eigenvalue weighted by Gasteiger charge is 2.27. The molecule has 1 aromatic carbocycles. The molecule has 0 bridgehead atoms. The van der Waals surface area contributed by atoms with E-state index in [-0.39, 0.29) is 11.8 Å². The molecular formula is C14H17N3O2. The summed E-state index contributed by atoms with van der Waals surface area (Å²) in [5, 5.41) is 2.72. The third kappa shape index (κ3) is 3.13. The largest absolute Gasteiger partial charge is 0.399 e. The van der Waals surface area contributed by atoms with Crippen LogP contribution in [-0.4, -0.2) is 35.8 Å². The summed E-state index contributed by atoms with van der Waals surface area (Å²) in [5.41, 5.74) is 7.18. The number of hydrogen-bond donors (Lipinski definition) is 2. The number of nitrogens with one attached hydrogen (secondary N) is 1. The van der Waals surface area contributed by atoms with Crippen LogP contribution in [0.1, 0.15) is 12.5 Å². The molecule has 0 radical (unpaired) electrons. The molecule has 2 amide bonds. The van der Waals surface area contributed by atoms with Crippen molar-refractivity contribution in [2.24, 2.45) is 0 Å². The van der Waals surface area contributed by atoms with E-state index in [9.17, 15) is 9.59 Å². The molecule has 1 fully saturated rings. The van der Waals surface area contributed by atoms with Gasteiger partial charge in [-0.2, -0.15) is 0 Å². The number of amides is 2. The smallest absolute Gasteiger partial charge is 0.247 e. The lowest BCUT2D eigenvalue weighted by Crippen LogP contribution is -2.55. The third-order valence-electron chi connectivity index (χ3n) is 3.11. The highest BCUT2D eigenvalue weighted by atomic mass is 16.2. The molecule has 1 atom stereocenters. The summed E-state index contributed by atoms with van der Waals surface area (Å²) in [6.07, 6.45) is 3.18. The molecule has 19 heavy (non-hydrogen) atoms. The number of anilines is 1. The maximum absolute atomic E-state index is 12.0. The number of carbonyl (C=O) groups excluding carboxylic acids is 2. The van der Waals surface area contributed by atoms with E-state index >= 15 is 0 Å². The summed E-state index contributed by atoms with van der Waals surface area (Å²) in [6, 6.07) is 6.85. The van der Waals surface area contributed by atoms with Crippen molar-refractivity contribution in [1.29, 1.82) is 0 Å². The molecule has 1 aliphatic heterocycles. The minimum atomic E-state index is -0.424. The Kier molecular flexibility index (Phi) is 3.85. The van der Waals surface area contributed by atoms with Gasteiger partial charge in [0, 0.05) is 24.9 Å². The summed E-state index contributed by atoms with van der Waals surface area (Å²) in [7, 11) is 0. The van der Waals surface area contributed by atoms with Crippen LogP contribution in [0.5, 0.6) is 0 Å². The van der Waals surface area contributed by atoms with E-state index in [4.69, 9.17) is 5.73 Å².